The molecule has 7 heteroatoms. The monoisotopic (exact) mass is 374 g/mol. The van der Waals surface area contributed by atoms with Crippen LogP contribution in [0.5, 0.6) is 0 Å². The standard InChI is InChI=1S/C21H22N6O/c1-15-22-11-8-18(25-15)21(28)27-12-4-5-17(14-27)16-7-10-24-20(13-16)26-19-6-2-3-9-23-19/h2-3,6-11,13,17H,4-5,12,14H2,1H3,(H,23,24,26)/t17-/m1/s1. The number of pyridine rings is 2. The summed E-state index contributed by atoms with van der Waals surface area (Å²) in [7, 11) is 0. The summed E-state index contributed by atoms with van der Waals surface area (Å²) in [6, 6.07) is 11.5. The number of hydrogen-bond acceptors (Lipinski definition) is 6. The highest BCUT2D eigenvalue weighted by atomic mass is 16.2. The quantitative estimate of drug-likeness (QED) is 0.754. The fourth-order valence-electron chi connectivity index (χ4n) is 3.51. The molecule has 1 N–H and O–H groups in total. The van der Waals surface area contributed by atoms with Crippen LogP contribution in [0.1, 0.15) is 40.6 Å². The van der Waals surface area contributed by atoms with Crippen LogP contribution in [-0.2, 0) is 0 Å². The summed E-state index contributed by atoms with van der Waals surface area (Å²) >= 11 is 0. The molecule has 0 aromatic carbocycles. The largest absolute Gasteiger partial charge is 0.337 e. The van der Waals surface area contributed by atoms with Crippen molar-refractivity contribution in [3.8, 4) is 0 Å². The number of likely N-dealkylation sites (tertiary alicyclic amines) is 1. The van der Waals surface area contributed by atoms with Gasteiger partial charge in [0.05, 0.1) is 0 Å². The molecule has 7 nitrogen and oxygen atoms in total. The molecule has 1 amide bonds. The van der Waals surface area contributed by atoms with Crippen LogP contribution in [-0.4, -0.2) is 43.8 Å². The molecule has 4 heterocycles. The van der Waals surface area contributed by atoms with Gasteiger partial charge in [0, 0.05) is 37.6 Å². The molecule has 1 atom stereocenters. The van der Waals surface area contributed by atoms with Crippen LogP contribution in [0.25, 0.3) is 0 Å². The fraction of sp³-hybridized carbons (Fsp3) is 0.286. The molecule has 0 radical (unpaired) electrons. The summed E-state index contributed by atoms with van der Waals surface area (Å²) in [4.78, 5) is 31.8. The second-order valence-electron chi connectivity index (χ2n) is 6.89. The van der Waals surface area contributed by atoms with Crippen molar-refractivity contribution < 1.29 is 4.79 Å². The van der Waals surface area contributed by atoms with Gasteiger partial charge < -0.3 is 10.2 Å². The molecule has 142 valence electrons. The van der Waals surface area contributed by atoms with E-state index in [9.17, 15) is 4.79 Å². The average Bonchev–Trinajstić information content (AvgIpc) is 2.74. The number of nitrogens with one attached hydrogen (secondary N) is 1. The van der Waals surface area contributed by atoms with E-state index in [4.69, 9.17) is 0 Å². The van der Waals surface area contributed by atoms with E-state index in [1.807, 2.05) is 35.2 Å². The second-order valence-corrected chi connectivity index (χ2v) is 6.89. The van der Waals surface area contributed by atoms with Crippen LogP contribution in [0.2, 0.25) is 0 Å². The molecule has 0 spiro atoms. The number of anilines is 2. The Bertz CT molecular complexity index is 962. The SMILES string of the molecule is Cc1nccc(C(=O)N2CCC[C@@H](c3ccnc(Nc4ccccn4)c3)C2)n1. The first kappa shape index (κ1) is 18.0. The number of carbonyl (C=O) groups excluding carboxylic acids is 1. The van der Waals surface area contributed by atoms with Gasteiger partial charge in [-0.05, 0) is 55.7 Å². The number of aromatic nitrogens is 4. The maximum Gasteiger partial charge on any atom is 0.272 e. The Morgan fingerprint density at radius 2 is 1.93 bits per heavy atom. The number of rotatable bonds is 4. The van der Waals surface area contributed by atoms with Crippen molar-refractivity contribution in [1.29, 1.82) is 0 Å². The maximum absolute atomic E-state index is 12.8. The van der Waals surface area contributed by atoms with Crippen LogP contribution < -0.4 is 5.32 Å². The van der Waals surface area contributed by atoms with Gasteiger partial charge in [-0.15, -0.1) is 0 Å². The average molecular weight is 374 g/mol. The normalized spacial score (nSPS) is 16.6. The highest BCUT2D eigenvalue weighted by molar-refractivity contribution is 5.92. The van der Waals surface area contributed by atoms with Gasteiger partial charge in [-0.3, -0.25) is 4.79 Å². The lowest BCUT2D eigenvalue weighted by atomic mass is 9.91. The third-order valence-electron chi connectivity index (χ3n) is 4.88. The summed E-state index contributed by atoms with van der Waals surface area (Å²) < 4.78 is 0. The number of aryl methyl sites for hydroxylation is 1. The number of amides is 1. The first-order valence-corrected chi connectivity index (χ1v) is 9.42. The lowest BCUT2D eigenvalue weighted by Crippen LogP contribution is -2.39. The van der Waals surface area contributed by atoms with Crippen LogP contribution in [0, 0.1) is 6.92 Å². The molecular formula is C21H22N6O. The van der Waals surface area contributed by atoms with Crippen molar-refractivity contribution >= 4 is 17.5 Å². The van der Waals surface area contributed by atoms with Gasteiger partial charge in [0.15, 0.2) is 0 Å². The predicted octanol–water partition coefficient (Wildman–Crippen LogP) is 3.34. The summed E-state index contributed by atoms with van der Waals surface area (Å²) in [6.45, 7) is 3.22. The minimum absolute atomic E-state index is 0.0314. The van der Waals surface area contributed by atoms with Crippen molar-refractivity contribution in [3.63, 3.8) is 0 Å². The van der Waals surface area contributed by atoms with Crippen LogP contribution in [0.4, 0.5) is 11.6 Å². The number of nitrogens with zero attached hydrogens (tertiary/aromatic N) is 5. The molecular weight excluding hydrogens is 352 g/mol. The van der Waals surface area contributed by atoms with Crippen LogP contribution >= 0.6 is 0 Å². The molecule has 1 fully saturated rings. The Balaban J connectivity index is 1.48. The summed E-state index contributed by atoms with van der Waals surface area (Å²) in [5.74, 6) is 2.36. The number of hydrogen-bond donors (Lipinski definition) is 1. The first-order chi connectivity index (χ1) is 13.7. The molecule has 0 aliphatic carbocycles. The topological polar surface area (TPSA) is 83.9 Å². The zero-order valence-corrected chi connectivity index (χ0v) is 15.7. The van der Waals surface area contributed by atoms with Gasteiger partial charge >= 0.3 is 0 Å². The summed E-state index contributed by atoms with van der Waals surface area (Å²) in [5, 5.41) is 3.23. The van der Waals surface area contributed by atoms with Gasteiger partial charge in [0.1, 0.15) is 23.2 Å². The van der Waals surface area contributed by atoms with Gasteiger partial charge in [0.25, 0.3) is 5.91 Å². The first-order valence-electron chi connectivity index (χ1n) is 9.42. The van der Waals surface area contributed by atoms with Crippen LogP contribution in [0.3, 0.4) is 0 Å². The van der Waals surface area contributed by atoms with Crippen molar-refractivity contribution in [1.82, 2.24) is 24.8 Å². The predicted molar refractivity (Wildman–Crippen MR) is 106 cm³/mol. The maximum atomic E-state index is 12.8. The van der Waals surface area contributed by atoms with E-state index >= 15 is 0 Å². The third-order valence-corrected chi connectivity index (χ3v) is 4.88. The highest BCUT2D eigenvalue weighted by Crippen LogP contribution is 2.29. The van der Waals surface area contributed by atoms with E-state index in [1.54, 1.807) is 31.6 Å². The zero-order chi connectivity index (χ0) is 19.3. The fourth-order valence-corrected chi connectivity index (χ4v) is 3.51. The molecule has 0 unspecified atom stereocenters. The van der Waals surface area contributed by atoms with Gasteiger partial charge in [-0.1, -0.05) is 6.07 Å². The molecule has 0 saturated carbocycles. The Morgan fingerprint density at radius 3 is 2.75 bits per heavy atom. The van der Waals surface area contributed by atoms with E-state index in [-0.39, 0.29) is 11.8 Å². The summed E-state index contributed by atoms with van der Waals surface area (Å²) in [6.07, 6.45) is 7.18. The Kier molecular flexibility index (Phi) is 5.23. The molecule has 3 aromatic rings. The molecule has 0 bridgehead atoms. The van der Waals surface area contributed by atoms with E-state index in [0.717, 1.165) is 31.0 Å². The van der Waals surface area contributed by atoms with Crippen molar-refractivity contribution in [3.05, 3.63) is 72.1 Å². The minimum Gasteiger partial charge on any atom is -0.337 e. The van der Waals surface area contributed by atoms with Crippen LogP contribution in [0.15, 0.2) is 55.0 Å². The molecule has 28 heavy (non-hydrogen) atoms. The molecule has 4 rings (SSSR count). The number of piperidine rings is 1. The summed E-state index contributed by atoms with van der Waals surface area (Å²) in [5.41, 5.74) is 1.63. The van der Waals surface area contributed by atoms with Crippen molar-refractivity contribution in [2.45, 2.75) is 25.7 Å². The molecule has 1 saturated heterocycles. The lowest BCUT2D eigenvalue weighted by molar-refractivity contribution is 0.0700. The van der Waals surface area contributed by atoms with Gasteiger partial charge in [-0.25, -0.2) is 19.9 Å². The molecule has 1 aliphatic rings. The minimum atomic E-state index is -0.0314. The Hall–Kier alpha value is -3.35. The highest BCUT2D eigenvalue weighted by Gasteiger charge is 2.26. The van der Waals surface area contributed by atoms with Crippen molar-refractivity contribution in [2.75, 3.05) is 18.4 Å². The Labute approximate surface area is 163 Å². The van der Waals surface area contributed by atoms with E-state index < -0.39 is 0 Å². The molecule has 1 aliphatic heterocycles. The smallest absolute Gasteiger partial charge is 0.272 e. The van der Waals surface area contributed by atoms with Gasteiger partial charge in [-0.2, -0.15) is 0 Å². The molecule has 3 aromatic heterocycles. The van der Waals surface area contributed by atoms with E-state index in [2.05, 4.69) is 25.3 Å². The zero-order valence-electron chi connectivity index (χ0n) is 15.7. The van der Waals surface area contributed by atoms with E-state index in [1.165, 1.54) is 5.56 Å². The second kappa shape index (κ2) is 8.12. The van der Waals surface area contributed by atoms with Crippen molar-refractivity contribution in [2.24, 2.45) is 0 Å². The van der Waals surface area contributed by atoms with E-state index in [0.29, 0.717) is 18.1 Å². The van der Waals surface area contributed by atoms with Gasteiger partial charge in [0.2, 0.25) is 0 Å². The lowest BCUT2D eigenvalue weighted by Gasteiger charge is -2.33. The third kappa shape index (κ3) is 4.14. The Morgan fingerprint density at radius 1 is 1.07 bits per heavy atom. The number of carbonyl (C=O) groups is 1.